The maximum atomic E-state index is 14.0. The number of aromatic nitrogens is 1. The fourth-order valence-corrected chi connectivity index (χ4v) is 6.33. The van der Waals surface area contributed by atoms with Gasteiger partial charge in [-0.3, -0.25) is 19.5 Å². The molecule has 0 saturated carbocycles. The number of benzene rings is 3. The Bertz CT molecular complexity index is 2120. The molecule has 1 aliphatic heterocycles. The predicted molar refractivity (Wildman–Crippen MR) is 160 cm³/mol. The minimum absolute atomic E-state index is 0.123. The summed E-state index contributed by atoms with van der Waals surface area (Å²) < 4.78 is 13.2. The number of carbonyl (C=O) groups excluding carboxylic acids is 1. The summed E-state index contributed by atoms with van der Waals surface area (Å²) in [5.41, 5.74) is 1.43. The number of carbonyl (C=O) groups is 1. The zero-order valence-corrected chi connectivity index (χ0v) is 23.9. The fourth-order valence-electron chi connectivity index (χ4n) is 5.09. The van der Waals surface area contributed by atoms with Gasteiger partial charge in [0.05, 0.1) is 38.4 Å². The second-order valence-electron chi connectivity index (χ2n) is 9.49. The molecule has 42 heavy (non-hydrogen) atoms. The number of nitro benzene ring substituents is 1. The lowest BCUT2D eigenvalue weighted by Gasteiger charge is -2.25. The van der Waals surface area contributed by atoms with Gasteiger partial charge < -0.3 is 9.15 Å². The number of nitro groups is 1. The first-order valence-electron chi connectivity index (χ1n) is 13.0. The highest BCUT2D eigenvalue weighted by molar-refractivity contribution is 7.07. The van der Waals surface area contributed by atoms with E-state index in [4.69, 9.17) is 20.8 Å². The quantitative estimate of drug-likeness (QED) is 0.139. The number of furan rings is 1. The molecule has 9 nitrogen and oxygen atoms in total. The molecule has 1 aliphatic rings. The Balaban J connectivity index is 1.51. The summed E-state index contributed by atoms with van der Waals surface area (Å²) in [5.74, 6) is 0.133. The molecule has 6 rings (SSSR count). The third kappa shape index (κ3) is 4.74. The first-order chi connectivity index (χ1) is 20.3. The zero-order chi connectivity index (χ0) is 29.5. The van der Waals surface area contributed by atoms with Gasteiger partial charge in [0.1, 0.15) is 11.5 Å². The number of rotatable bonds is 6. The highest BCUT2D eigenvalue weighted by Crippen LogP contribution is 2.35. The van der Waals surface area contributed by atoms with E-state index in [2.05, 4.69) is 4.99 Å². The van der Waals surface area contributed by atoms with E-state index in [0.29, 0.717) is 37.7 Å². The van der Waals surface area contributed by atoms with Gasteiger partial charge in [-0.15, -0.1) is 0 Å². The lowest BCUT2D eigenvalue weighted by atomic mass is 9.91. The van der Waals surface area contributed by atoms with E-state index in [0.717, 1.165) is 16.3 Å². The molecule has 0 N–H and O–H groups in total. The fraction of sp³-hybridized carbons (Fsp3) is 0.129. The molecule has 0 spiro atoms. The average Bonchev–Trinajstić information content (AvgIpc) is 3.56. The Morgan fingerprint density at radius 3 is 2.74 bits per heavy atom. The highest BCUT2D eigenvalue weighted by Gasteiger charge is 2.34. The largest absolute Gasteiger partial charge is 0.463 e. The Hall–Kier alpha value is -4.80. The summed E-state index contributed by atoms with van der Waals surface area (Å²) >= 11 is 7.46. The molecule has 3 heterocycles. The van der Waals surface area contributed by atoms with Crippen LogP contribution in [0.15, 0.2) is 98.3 Å². The van der Waals surface area contributed by atoms with E-state index in [1.165, 1.54) is 34.1 Å². The lowest BCUT2D eigenvalue weighted by Crippen LogP contribution is -2.40. The van der Waals surface area contributed by atoms with Crippen LogP contribution in [-0.2, 0) is 9.53 Å². The number of halogens is 1. The van der Waals surface area contributed by atoms with E-state index in [-0.39, 0.29) is 22.9 Å². The SMILES string of the molecule is CCOC(=O)C1=C(C)N=c2s/c(=C\c3ccc(-c4cc([N+](=O)[O-])ccc4Cl)o3)c(=O)n2[C@@H]1c1cccc2ccccc12. The van der Waals surface area contributed by atoms with Crippen LogP contribution in [0.3, 0.4) is 0 Å². The molecule has 3 aromatic carbocycles. The maximum absolute atomic E-state index is 14.0. The maximum Gasteiger partial charge on any atom is 0.338 e. The number of thiazole rings is 1. The molecule has 11 heteroatoms. The second-order valence-corrected chi connectivity index (χ2v) is 10.9. The van der Waals surface area contributed by atoms with E-state index in [1.54, 1.807) is 32.1 Å². The average molecular weight is 600 g/mol. The van der Waals surface area contributed by atoms with E-state index >= 15 is 0 Å². The smallest absolute Gasteiger partial charge is 0.338 e. The van der Waals surface area contributed by atoms with Gasteiger partial charge in [-0.25, -0.2) is 9.79 Å². The summed E-state index contributed by atoms with van der Waals surface area (Å²) in [7, 11) is 0. The van der Waals surface area contributed by atoms with Crippen molar-refractivity contribution in [1.29, 1.82) is 0 Å². The molecule has 0 amide bonds. The van der Waals surface area contributed by atoms with Crippen LogP contribution in [0.4, 0.5) is 5.69 Å². The number of hydrogen-bond donors (Lipinski definition) is 0. The van der Waals surface area contributed by atoms with E-state index in [1.807, 2.05) is 42.5 Å². The van der Waals surface area contributed by atoms with Gasteiger partial charge in [-0.05, 0) is 48.4 Å². The van der Waals surface area contributed by atoms with Gasteiger partial charge in [0.2, 0.25) is 0 Å². The van der Waals surface area contributed by atoms with Crippen LogP contribution in [-0.4, -0.2) is 22.1 Å². The summed E-state index contributed by atoms with van der Waals surface area (Å²) in [4.78, 5) is 43.0. The summed E-state index contributed by atoms with van der Waals surface area (Å²) in [6, 6.07) is 20.2. The molecule has 0 saturated heterocycles. The van der Waals surface area contributed by atoms with Gasteiger partial charge in [0.25, 0.3) is 11.2 Å². The number of allylic oxidation sites excluding steroid dienone is 1. The molecule has 5 aromatic rings. The lowest BCUT2D eigenvalue weighted by molar-refractivity contribution is -0.384. The van der Waals surface area contributed by atoms with Crippen molar-refractivity contribution in [3.05, 3.63) is 130 Å². The van der Waals surface area contributed by atoms with Crippen LogP contribution in [0, 0.1) is 10.1 Å². The third-order valence-electron chi connectivity index (χ3n) is 6.96. The molecule has 0 radical (unpaired) electrons. The van der Waals surface area contributed by atoms with Crippen LogP contribution in [0.25, 0.3) is 28.2 Å². The van der Waals surface area contributed by atoms with Crippen LogP contribution in [0.1, 0.15) is 31.2 Å². The van der Waals surface area contributed by atoms with Crippen molar-refractivity contribution in [3.8, 4) is 11.3 Å². The van der Waals surface area contributed by atoms with Crippen molar-refractivity contribution in [1.82, 2.24) is 4.57 Å². The van der Waals surface area contributed by atoms with Gasteiger partial charge in [0, 0.05) is 23.8 Å². The van der Waals surface area contributed by atoms with Gasteiger partial charge in [0.15, 0.2) is 4.80 Å². The molecule has 0 bridgehead atoms. The number of non-ortho nitro benzene ring substituents is 1. The van der Waals surface area contributed by atoms with Gasteiger partial charge >= 0.3 is 5.97 Å². The molecular weight excluding hydrogens is 578 g/mol. The first kappa shape index (κ1) is 27.4. The van der Waals surface area contributed by atoms with Crippen LogP contribution >= 0.6 is 22.9 Å². The Kier molecular flexibility index (Phi) is 7.09. The van der Waals surface area contributed by atoms with Crippen LogP contribution < -0.4 is 14.9 Å². The standard InChI is InChI=1S/C31H22ClN3O6S/c1-3-40-30(37)27-17(2)33-31-34(28(27)22-10-6-8-18-7-4-5-9-21(18)22)29(36)26(42-31)16-20-12-14-25(41-20)23-15-19(35(38)39)11-13-24(23)32/h4-16,28H,3H2,1-2H3/b26-16-/t28-/m1/s1. The molecule has 210 valence electrons. The van der Waals surface area contributed by atoms with Gasteiger partial charge in [-0.1, -0.05) is 65.4 Å². The normalized spacial score (nSPS) is 15.0. The topological polar surface area (TPSA) is 117 Å². The Labute approximate surface area is 247 Å². The number of hydrogen-bond acceptors (Lipinski definition) is 8. The van der Waals surface area contributed by atoms with E-state index < -0.39 is 16.9 Å². The summed E-state index contributed by atoms with van der Waals surface area (Å²) in [5, 5.41) is 13.4. The van der Waals surface area contributed by atoms with Crippen molar-refractivity contribution >= 4 is 51.4 Å². The number of fused-ring (bicyclic) bond motifs is 2. The molecule has 2 aromatic heterocycles. The second kappa shape index (κ2) is 10.9. The molecule has 0 aliphatic carbocycles. The first-order valence-corrected chi connectivity index (χ1v) is 14.2. The molecular formula is C31H22ClN3O6S. The minimum Gasteiger partial charge on any atom is -0.463 e. The molecule has 1 atom stereocenters. The van der Waals surface area contributed by atoms with Gasteiger partial charge in [-0.2, -0.15) is 0 Å². The van der Waals surface area contributed by atoms with Crippen molar-refractivity contribution < 1.29 is 18.9 Å². The van der Waals surface area contributed by atoms with Crippen molar-refractivity contribution in [2.75, 3.05) is 6.61 Å². The highest BCUT2D eigenvalue weighted by atomic mass is 35.5. The van der Waals surface area contributed by atoms with Crippen LogP contribution in [0.2, 0.25) is 5.02 Å². The molecule has 0 fully saturated rings. The van der Waals surface area contributed by atoms with E-state index in [9.17, 15) is 19.7 Å². The third-order valence-corrected chi connectivity index (χ3v) is 8.27. The Morgan fingerprint density at radius 1 is 1.17 bits per heavy atom. The number of nitrogens with zero attached hydrogens (tertiary/aromatic N) is 3. The number of ether oxygens (including phenoxy) is 1. The molecule has 0 unspecified atom stereocenters. The predicted octanol–water partition coefficient (Wildman–Crippen LogP) is 5.77. The van der Waals surface area contributed by atoms with Crippen molar-refractivity contribution in [2.45, 2.75) is 19.9 Å². The monoisotopic (exact) mass is 599 g/mol. The van der Waals surface area contributed by atoms with Crippen molar-refractivity contribution in [3.63, 3.8) is 0 Å². The minimum atomic E-state index is -0.760. The van der Waals surface area contributed by atoms with Crippen LogP contribution in [0.5, 0.6) is 0 Å². The van der Waals surface area contributed by atoms with Crippen molar-refractivity contribution in [2.24, 2.45) is 4.99 Å². The zero-order valence-electron chi connectivity index (χ0n) is 22.4. The number of esters is 1. The summed E-state index contributed by atoms with van der Waals surface area (Å²) in [6.45, 7) is 3.65. The Morgan fingerprint density at radius 2 is 1.95 bits per heavy atom. The summed E-state index contributed by atoms with van der Waals surface area (Å²) in [6.07, 6.45) is 1.59.